The molecule has 1 aromatic heterocycles. The van der Waals surface area contributed by atoms with Gasteiger partial charge in [0.1, 0.15) is 5.75 Å². The molecule has 1 aromatic rings. The number of piperazine rings is 1. The van der Waals surface area contributed by atoms with Crippen LogP contribution in [0.2, 0.25) is 0 Å². The summed E-state index contributed by atoms with van der Waals surface area (Å²) in [5, 5.41) is 19.4. The largest absolute Gasteiger partial charge is 0.506 e. The summed E-state index contributed by atoms with van der Waals surface area (Å²) in [5.74, 6) is 0.132. The highest BCUT2D eigenvalue weighted by molar-refractivity contribution is 5.40. The minimum atomic E-state index is -0.139. The SMILES string of the molecule is CCN1CCN(Cc2cnc(C)c(O)c2CO)CC1. The molecule has 2 N–H and O–H groups in total. The van der Waals surface area contributed by atoms with E-state index in [1.807, 2.05) is 0 Å². The van der Waals surface area contributed by atoms with Crippen LogP contribution in [0, 0.1) is 6.92 Å². The van der Waals surface area contributed by atoms with Crippen LogP contribution in [0.3, 0.4) is 0 Å². The highest BCUT2D eigenvalue weighted by Gasteiger charge is 2.18. The summed E-state index contributed by atoms with van der Waals surface area (Å²) in [4.78, 5) is 8.95. The van der Waals surface area contributed by atoms with Gasteiger partial charge in [0.05, 0.1) is 12.3 Å². The Kier molecular flexibility index (Phi) is 4.74. The van der Waals surface area contributed by atoms with E-state index in [-0.39, 0.29) is 12.4 Å². The van der Waals surface area contributed by atoms with Crippen LogP contribution >= 0.6 is 0 Å². The summed E-state index contributed by atoms with van der Waals surface area (Å²) in [6.45, 7) is 9.84. The highest BCUT2D eigenvalue weighted by Crippen LogP contribution is 2.24. The monoisotopic (exact) mass is 265 g/mol. The Hall–Kier alpha value is -1.17. The van der Waals surface area contributed by atoms with Crippen LogP contribution in [0.15, 0.2) is 6.20 Å². The zero-order valence-electron chi connectivity index (χ0n) is 11.8. The fraction of sp³-hybridized carbons (Fsp3) is 0.643. The van der Waals surface area contributed by atoms with E-state index in [1.165, 1.54) is 0 Å². The van der Waals surface area contributed by atoms with Crippen molar-refractivity contribution in [2.75, 3.05) is 32.7 Å². The number of aliphatic hydroxyl groups excluding tert-OH is 1. The van der Waals surface area contributed by atoms with E-state index in [0.717, 1.165) is 44.8 Å². The number of nitrogens with zero attached hydrogens (tertiary/aromatic N) is 3. The van der Waals surface area contributed by atoms with Crippen LogP contribution in [-0.4, -0.2) is 57.7 Å². The smallest absolute Gasteiger partial charge is 0.142 e. The highest BCUT2D eigenvalue weighted by atomic mass is 16.3. The lowest BCUT2D eigenvalue weighted by Gasteiger charge is -2.34. The van der Waals surface area contributed by atoms with Crippen LogP contribution < -0.4 is 0 Å². The zero-order valence-corrected chi connectivity index (χ0v) is 11.8. The number of aliphatic hydroxyl groups is 1. The van der Waals surface area contributed by atoms with E-state index in [2.05, 4.69) is 21.7 Å². The first-order chi connectivity index (χ1) is 9.15. The molecule has 0 unspecified atom stereocenters. The number of aromatic hydroxyl groups is 1. The maximum absolute atomic E-state index is 9.94. The van der Waals surface area contributed by atoms with Gasteiger partial charge in [0.15, 0.2) is 0 Å². The van der Waals surface area contributed by atoms with Crippen LogP contribution in [-0.2, 0) is 13.2 Å². The lowest BCUT2D eigenvalue weighted by atomic mass is 10.1. The fourth-order valence-electron chi connectivity index (χ4n) is 2.50. The average Bonchev–Trinajstić information content (AvgIpc) is 2.44. The van der Waals surface area contributed by atoms with Crippen LogP contribution in [0.25, 0.3) is 0 Å². The first-order valence-corrected chi connectivity index (χ1v) is 6.87. The lowest BCUT2D eigenvalue weighted by molar-refractivity contribution is 0.131. The second-order valence-corrected chi connectivity index (χ2v) is 5.06. The second kappa shape index (κ2) is 6.32. The van der Waals surface area contributed by atoms with Gasteiger partial charge in [0.2, 0.25) is 0 Å². The molecule has 106 valence electrons. The van der Waals surface area contributed by atoms with E-state index in [9.17, 15) is 10.2 Å². The molecule has 1 aliphatic rings. The predicted molar refractivity (Wildman–Crippen MR) is 74.0 cm³/mol. The third-order valence-corrected chi connectivity index (χ3v) is 3.89. The quantitative estimate of drug-likeness (QED) is 0.840. The summed E-state index contributed by atoms with van der Waals surface area (Å²) in [6, 6.07) is 0. The molecule has 5 heteroatoms. The molecule has 2 rings (SSSR count). The van der Waals surface area contributed by atoms with Crippen molar-refractivity contribution in [3.8, 4) is 5.75 Å². The Morgan fingerprint density at radius 2 is 1.84 bits per heavy atom. The Morgan fingerprint density at radius 1 is 1.21 bits per heavy atom. The molecule has 0 saturated carbocycles. The van der Waals surface area contributed by atoms with Crippen molar-refractivity contribution in [1.82, 2.24) is 14.8 Å². The Balaban J connectivity index is 2.06. The average molecular weight is 265 g/mol. The van der Waals surface area contributed by atoms with Gasteiger partial charge in [0.25, 0.3) is 0 Å². The molecule has 1 aliphatic heterocycles. The van der Waals surface area contributed by atoms with E-state index in [1.54, 1.807) is 13.1 Å². The molecule has 0 aliphatic carbocycles. The van der Waals surface area contributed by atoms with Gasteiger partial charge in [-0.2, -0.15) is 0 Å². The summed E-state index contributed by atoms with van der Waals surface area (Å²) in [6.07, 6.45) is 1.77. The van der Waals surface area contributed by atoms with Gasteiger partial charge in [0, 0.05) is 44.5 Å². The summed E-state index contributed by atoms with van der Waals surface area (Å²) in [5.41, 5.74) is 2.12. The summed E-state index contributed by atoms with van der Waals surface area (Å²) in [7, 11) is 0. The van der Waals surface area contributed by atoms with Crippen molar-refractivity contribution in [3.05, 3.63) is 23.0 Å². The van der Waals surface area contributed by atoms with Crippen molar-refractivity contribution in [3.63, 3.8) is 0 Å². The number of rotatable bonds is 4. The maximum atomic E-state index is 9.94. The molecule has 0 amide bonds. The molecule has 1 fully saturated rings. The van der Waals surface area contributed by atoms with Gasteiger partial charge >= 0.3 is 0 Å². The number of aryl methyl sites for hydroxylation is 1. The number of likely N-dealkylation sites (N-methyl/N-ethyl adjacent to an activating group) is 1. The number of aromatic nitrogens is 1. The molecule has 0 radical (unpaired) electrons. The Labute approximate surface area is 114 Å². The minimum absolute atomic E-state index is 0.132. The molecule has 1 saturated heterocycles. The summed E-state index contributed by atoms with van der Waals surface area (Å²) >= 11 is 0. The van der Waals surface area contributed by atoms with Crippen molar-refractivity contribution in [1.29, 1.82) is 0 Å². The zero-order chi connectivity index (χ0) is 13.8. The topological polar surface area (TPSA) is 59.8 Å². The van der Waals surface area contributed by atoms with Crippen molar-refractivity contribution in [2.24, 2.45) is 0 Å². The number of pyridine rings is 1. The molecule has 0 atom stereocenters. The van der Waals surface area contributed by atoms with E-state index >= 15 is 0 Å². The lowest BCUT2D eigenvalue weighted by Crippen LogP contribution is -2.45. The Bertz CT molecular complexity index is 429. The van der Waals surface area contributed by atoms with Crippen LogP contribution in [0.5, 0.6) is 5.75 Å². The minimum Gasteiger partial charge on any atom is -0.506 e. The van der Waals surface area contributed by atoms with E-state index < -0.39 is 0 Å². The van der Waals surface area contributed by atoms with E-state index in [0.29, 0.717) is 11.3 Å². The van der Waals surface area contributed by atoms with Crippen molar-refractivity contribution >= 4 is 0 Å². The number of hydrogen-bond donors (Lipinski definition) is 2. The standard InChI is InChI=1S/C14H23N3O2/c1-3-16-4-6-17(7-5-16)9-12-8-15-11(2)14(19)13(12)10-18/h8,18-19H,3-7,9-10H2,1-2H3. The van der Waals surface area contributed by atoms with Gasteiger partial charge in [-0.15, -0.1) is 0 Å². The first kappa shape index (κ1) is 14.2. The first-order valence-electron chi connectivity index (χ1n) is 6.87. The van der Waals surface area contributed by atoms with Gasteiger partial charge < -0.3 is 15.1 Å². The maximum Gasteiger partial charge on any atom is 0.142 e. The third-order valence-electron chi connectivity index (χ3n) is 3.89. The van der Waals surface area contributed by atoms with Crippen molar-refractivity contribution in [2.45, 2.75) is 27.0 Å². The third kappa shape index (κ3) is 3.23. The van der Waals surface area contributed by atoms with Gasteiger partial charge in [-0.1, -0.05) is 6.92 Å². The molecular formula is C14H23N3O2. The normalized spacial score (nSPS) is 17.8. The van der Waals surface area contributed by atoms with Gasteiger partial charge in [-0.3, -0.25) is 9.88 Å². The second-order valence-electron chi connectivity index (χ2n) is 5.06. The molecule has 2 heterocycles. The van der Waals surface area contributed by atoms with E-state index in [4.69, 9.17) is 0 Å². The van der Waals surface area contributed by atoms with Crippen molar-refractivity contribution < 1.29 is 10.2 Å². The number of hydrogen-bond acceptors (Lipinski definition) is 5. The predicted octanol–water partition coefficient (Wildman–Crippen LogP) is 0.725. The molecule has 0 spiro atoms. The van der Waals surface area contributed by atoms with Crippen LogP contribution in [0.1, 0.15) is 23.7 Å². The molecule has 5 nitrogen and oxygen atoms in total. The molecule has 19 heavy (non-hydrogen) atoms. The molecule has 0 bridgehead atoms. The summed E-state index contributed by atoms with van der Waals surface area (Å²) < 4.78 is 0. The van der Waals surface area contributed by atoms with Gasteiger partial charge in [-0.25, -0.2) is 0 Å². The molecule has 0 aromatic carbocycles. The molecular weight excluding hydrogens is 242 g/mol. The van der Waals surface area contributed by atoms with Gasteiger partial charge in [-0.05, 0) is 19.0 Å². The van der Waals surface area contributed by atoms with Crippen LogP contribution in [0.4, 0.5) is 0 Å². The Morgan fingerprint density at radius 3 is 2.42 bits per heavy atom. The fourth-order valence-corrected chi connectivity index (χ4v) is 2.50.